The predicted octanol–water partition coefficient (Wildman–Crippen LogP) is 3.98. The summed E-state index contributed by atoms with van der Waals surface area (Å²) in [5.74, 6) is -0.511. The zero-order chi connectivity index (χ0) is 20.3. The Kier molecular flexibility index (Phi) is 5.37. The highest BCUT2D eigenvalue weighted by Crippen LogP contribution is 2.34. The topological polar surface area (TPSA) is 91.6 Å². The van der Waals surface area contributed by atoms with E-state index in [1.54, 1.807) is 13.0 Å². The summed E-state index contributed by atoms with van der Waals surface area (Å²) in [6.45, 7) is 1.74. The van der Waals surface area contributed by atoms with E-state index in [4.69, 9.17) is 5.26 Å². The quantitative estimate of drug-likeness (QED) is 0.712. The Labute approximate surface area is 161 Å². The molecule has 10 heteroatoms. The third-order valence-corrected chi connectivity index (χ3v) is 4.61. The minimum Gasteiger partial charge on any atom is -0.296 e. The van der Waals surface area contributed by atoms with Crippen molar-refractivity contribution < 1.29 is 18.0 Å². The zero-order valence-corrected chi connectivity index (χ0v) is 15.2. The average Bonchev–Trinajstić information content (AvgIpc) is 3.08. The highest BCUT2D eigenvalue weighted by atomic mass is 32.1. The van der Waals surface area contributed by atoms with Gasteiger partial charge in [0.2, 0.25) is 0 Å². The van der Waals surface area contributed by atoms with E-state index < -0.39 is 17.6 Å². The minimum absolute atomic E-state index is 0.0254. The second-order valence-corrected chi connectivity index (χ2v) is 6.90. The second-order valence-electron chi connectivity index (χ2n) is 5.79. The number of rotatable bonds is 4. The lowest BCUT2D eigenvalue weighted by Gasteiger charge is -2.12. The first kappa shape index (κ1) is 19.4. The van der Waals surface area contributed by atoms with E-state index >= 15 is 0 Å². The fourth-order valence-corrected chi connectivity index (χ4v) is 3.20. The molecule has 0 saturated carbocycles. The Morgan fingerprint density at radius 3 is 2.64 bits per heavy atom. The van der Waals surface area contributed by atoms with Gasteiger partial charge in [-0.1, -0.05) is 6.07 Å². The minimum atomic E-state index is -4.58. The van der Waals surface area contributed by atoms with Gasteiger partial charge in [-0.3, -0.25) is 15.1 Å². The van der Waals surface area contributed by atoms with Crippen LogP contribution < -0.4 is 5.32 Å². The fraction of sp³-hybridized carbons (Fsp3) is 0.167. The number of amides is 1. The van der Waals surface area contributed by atoms with Crippen LogP contribution in [0.1, 0.15) is 37.7 Å². The summed E-state index contributed by atoms with van der Waals surface area (Å²) >= 11 is 1.06. The summed E-state index contributed by atoms with van der Waals surface area (Å²) < 4.78 is 39.8. The van der Waals surface area contributed by atoms with Crippen LogP contribution in [0.15, 0.2) is 36.8 Å². The largest absolute Gasteiger partial charge is 0.416 e. The molecular weight excluding hydrogens is 391 g/mol. The van der Waals surface area contributed by atoms with Crippen molar-refractivity contribution in [2.75, 3.05) is 5.32 Å². The Morgan fingerprint density at radius 1 is 1.21 bits per heavy atom. The maximum absolute atomic E-state index is 13.3. The van der Waals surface area contributed by atoms with Gasteiger partial charge in [0.05, 0.1) is 29.1 Å². The zero-order valence-electron chi connectivity index (χ0n) is 14.4. The first-order chi connectivity index (χ1) is 13.3. The lowest BCUT2D eigenvalue weighted by molar-refractivity contribution is -0.138. The van der Waals surface area contributed by atoms with Crippen LogP contribution in [-0.4, -0.2) is 20.9 Å². The van der Waals surface area contributed by atoms with E-state index in [1.165, 1.54) is 30.7 Å². The van der Waals surface area contributed by atoms with E-state index in [0.717, 1.165) is 17.4 Å². The summed E-state index contributed by atoms with van der Waals surface area (Å²) in [5.41, 5.74) is -0.129. The monoisotopic (exact) mass is 403 g/mol. The number of carbonyl (C=O) groups is 1. The van der Waals surface area contributed by atoms with Gasteiger partial charge in [-0.05, 0) is 24.6 Å². The Hall–Kier alpha value is -3.32. The number of aromatic nitrogens is 3. The fourth-order valence-electron chi connectivity index (χ4n) is 2.37. The molecule has 0 aliphatic rings. The summed E-state index contributed by atoms with van der Waals surface area (Å²) in [6.07, 6.45) is -0.427. The molecule has 0 saturated heterocycles. The van der Waals surface area contributed by atoms with Crippen molar-refractivity contribution in [1.82, 2.24) is 15.0 Å². The number of nitriles is 1. The van der Waals surface area contributed by atoms with Crippen LogP contribution in [-0.2, 0) is 12.6 Å². The Bertz CT molecular complexity index is 1050. The summed E-state index contributed by atoms with van der Waals surface area (Å²) in [4.78, 5) is 24.6. The first-order valence-corrected chi connectivity index (χ1v) is 8.73. The molecular formula is C18H12F3N5OS. The molecule has 0 bridgehead atoms. The highest BCUT2D eigenvalue weighted by molar-refractivity contribution is 7.15. The molecule has 3 aromatic rings. The molecule has 0 aliphatic heterocycles. The van der Waals surface area contributed by atoms with Gasteiger partial charge in [0.25, 0.3) is 5.91 Å². The van der Waals surface area contributed by atoms with Gasteiger partial charge < -0.3 is 0 Å². The molecule has 1 amide bonds. The Balaban J connectivity index is 1.77. The normalized spacial score (nSPS) is 11.1. The molecule has 2 aromatic heterocycles. The predicted molar refractivity (Wildman–Crippen MR) is 95.8 cm³/mol. The van der Waals surface area contributed by atoms with Gasteiger partial charge in [0.1, 0.15) is 5.69 Å². The van der Waals surface area contributed by atoms with Gasteiger partial charge in [-0.2, -0.15) is 18.4 Å². The Morgan fingerprint density at radius 2 is 2.00 bits per heavy atom. The van der Waals surface area contributed by atoms with Gasteiger partial charge in [-0.15, -0.1) is 11.3 Å². The van der Waals surface area contributed by atoms with Gasteiger partial charge in [-0.25, -0.2) is 9.97 Å². The van der Waals surface area contributed by atoms with E-state index in [-0.39, 0.29) is 28.4 Å². The SMILES string of the molecule is Cc1cnc(C(=O)Nc2ncc(Cc3ccc(C#N)cc3C(F)(F)F)s2)cn1. The molecule has 2 heterocycles. The number of thiazole rings is 1. The number of benzene rings is 1. The van der Waals surface area contributed by atoms with Crippen molar-refractivity contribution in [3.05, 3.63) is 69.7 Å². The lowest BCUT2D eigenvalue weighted by Crippen LogP contribution is -2.13. The van der Waals surface area contributed by atoms with Crippen molar-refractivity contribution in [3.8, 4) is 6.07 Å². The molecule has 0 spiro atoms. The number of alkyl halides is 3. The number of hydrogen-bond acceptors (Lipinski definition) is 6. The van der Waals surface area contributed by atoms with Crippen LogP contribution in [0.4, 0.5) is 18.3 Å². The maximum atomic E-state index is 13.3. The van der Waals surface area contributed by atoms with Crippen LogP contribution in [0.5, 0.6) is 0 Å². The number of anilines is 1. The van der Waals surface area contributed by atoms with Crippen LogP contribution in [0.3, 0.4) is 0 Å². The molecule has 0 atom stereocenters. The molecule has 142 valence electrons. The number of carbonyl (C=O) groups excluding carboxylic acids is 1. The van der Waals surface area contributed by atoms with Crippen molar-refractivity contribution in [1.29, 1.82) is 5.26 Å². The van der Waals surface area contributed by atoms with Gasteiger partial charge in [0, 0.05) is 23.7 Å². The molecule has 0 aliphatic carbocycles. The third kappa shape index (κ3) is 4.50. The number of hydrogen-bond donors (Lipinski definition) is 1. The highest BCUT2D eigenvalue weighted by Gasteiger charge is 2.33. The number of halogens is 3. The smallest absolute Gasteiger partial charge is 0.296 e. The summed E-state index contributed by atoms with van der Waals surface area (Å²) in [7, 11) is 0. The van der Waals surface area contributed by atoms with E-state index in [9.17, 15) is 18.0 Å². The average molecular weight is 403 g/mol. The summed E-state index contributed by atoms with van der Waals surface area (Å²) in [6, 6.07) is 5.15. The molecule has 1 N–H and O–H groups in total. The molecule has 1 aromatic carbocycles. The maximum Gasteiger partial charge on any atom is 0.416 e. The molecule has 3 rings (SSSR count). The van der Waals surface area contributed by atoms with Crippen molar-refractivity contribution in [2.24, 2.45) is 0 Å². The van der Waals surface area contributed by atoms with Crippen molar-refractivity contribution in [2.45, 2.75) is 19.5 Å². The molecule has 0 radical (unpaired) electrons. The van der Waals surface area contributed by atoms with Crippen LogP contribution >= 0.6 is 11.3 Å². The third-order valence-electron chi connectivity index (χ3n) is 3.70. The second kappa shape index (κ2) is 7.74. The number of aryl methyl sites for hydroxylation is 1. The van der Waals surface area contributed by atoms with Crippen LogP contribution in [0.2, 0.25) is 0 Å². The molecule has 6 nitrogen and oxygen atoms in total. The first-order valence-electron chi connectivity index (χ1n) is 7.91. The van der Waals surface area contributed by atoms with E-state index in [2.05, 4.69) is 20.3 Å². The standard InChI is InChI=1S/C18H12F3N5OS/c1-10-7-24-15(9-23-10)16(27)26-17-25-8-13(28-17)5-12-3-2-11(6-22)4-14(12)18(19,20)21/h2-4,7-9H,5H2,1H3,(H,25,26,27). The summed E-state index contributed by atoms with van der Waals surface area (Å²) in [5, 5.41) is 11.6. The molecule has 0 unspecified atom stereocenters. The van der Waals surface area contributed by atoms with E-state index in [1.807, 2.05) is 0 Å². The van der Waals surface area contributed by atoms with E-state index in [0.29, 0.717) is 10.6 Å². The number of nitrogens with zero attached hydrogens (tertiary/aromatic N) is 4. The van der Waals surface area contributed by atoms with Crippen molar-refractivity contribution in [3.63, 3.8) is 0 Å². The lowest BCUT2D eigenvalue weighted by atomic mass is 10.0. The van der Waals surface area contributed by atoms with Gasteiger partial charge >= 0.3 is 6.18 Å². The van der Waals surface area contributed by atoms with Crippen LogP contribution in [0, 0.1) is 18.3 Å². The van der Waals surface area contributed by atoms with Crippen LogP contribution in [0.25, 0.3) is 0 Å². The number of nitrogens with one attached hydrogen (secondary N) is 1. The van der Waals surface area contributed by atoms with Gasteiger partial charge in [0.15, 0.2) is 5.13 Å². The molecule has 28 heavy (non-hydrogen) atoms. The van der Waals surface area contributed by atoms with Crippen molar-refractivity contribution >= 4 is 22.4 Å². The molecule has 0 fully saturated rings.